The monoisotopic (exact) mass is 335 g/mol. The van der Waals surface area contributed by atoms with Crippen molar-refractivity contribution in [2.24, 2.45) is 0 Å². The number of aryl methyl sites for hydroxylation is 2. The maximum absolute atomic E-state index is 12.1. The maximum atomic E-state index is 12.1. The second-order valence-electron chi connectivity index (χ2n) is 5.26. The van der Waals surface area contributed by atoms with Crippen LogP contribution in [0.15, 0.2) is 35.2 Å². The van der Waals surface area contributed by atoms with Crippen molar-refractivity contribution in [2.75, 3.05) is 11.1 Å². The molecule has 1 heterocycles. The summed E-state index contributed by atoms with van der Waals surface area (Å²) in [5.74, 6) is 0.568. The minimum atomic E-state index is -3.21. The van der Waals surface area contributed by atoms with Crippen LogP contribution in [0.3, 0.4) is 0 Å². The van der Waals surface area contributed by atoms with Crippen molar-refractivity contribution in [3.8, 4) is 0 Å². The number of amides is 1. The fourth-order valence-corrected chi connectivity index (χ4v) is 3.13. The van der Waals surface area contributed by atoms with Gasteiger partial charge in [0, 0.05) is 12.6 Å². The van der Waals surface area contributed by atoms with E-state index >= 15 is 0 Å². The number of hydrogen-bond donors (Lipinski definition) is 1. The zero-order chi connectivity index (χ0) is 17.0. The quantitative estimate of drug-likeness (QED) is 0.877. The van der Waals surface area contributed by atoms with E-state index in [0.29, 0.717) is 12.4 Å². The molecule has 23 heavy (non-hydrogen) atoms. The van der Waals surface area contributed by atoms with Gasteiger partial charge in [-0.3, -0.25) is 4.79 Å². The molecular formula is C16H21N3O3S. The Bertz CT molecular complexity index is 792. The van der Waals surface area contributed by atoms with Crippen LogP contribution < -0.4 is 5.32 Å². The summed E-state index contributed by atoms with van der Waals surface area (Å²) >= 11 is 0. The van der Waals surface area contributed by atoms with Gasteiger partial charge in [0.2, 0.25) is 5.91 Å². The highest BCUT2D eigenvalue weighted by Gasteiger charge is 2.12. The van der Waals surface area contributed by atoms with Crippen LogP contribution in [0.5, 0.6) is 0 Å². The molecule has 1 aromatic carbocycles. The van der Waals surface area contributed by atoms with E-state index in [0.717, 1.165) is 11.3 Å². The topological polar surface area (TPSA) is 81.1 Å². The summed E-state index contributed by atoms with van der Waals surface area (Å²) in [4.78, 5) is 12.4. The van der Waals surface area contributed by atoms with Gasteiger partial charge in [0.15, 0.2) is 9.84 Å². The number of rotatable bonds is 6. The molecule has 1 N–H and O–H groups in total. The highest BCUT2D eigenvalue weighted by atomic mass is 32.2. The summed E-state index contributed by atoms with van der Waals surface area (Å²) < 4.78 is 25.2. The highest BCUT2D eigenvalue weighted by molar-refractivity contribution is 7.91. The van der Waals surface area contributed by atoms with Crippen LogP contribution in [0.25, 0.3) is 0 Å². The average Bonchev–Trinajstić information content (AvgIpc) is 2.87. The first-order chi connectivity index (χ1) is 10.9. The lowest BCUT2D eigenvalue weighted by Crippen LogP contribution is -2.17. The molecule has 1 aromatic heterocycles. The number of anilines is 1. The van der Waals surface area contributed by atoms with Gasteiger partial charge in [-0.25, -0.2) is 13.1 Å². The highest BCUT2D eigenvalue weighted by Crippen LogP contribution is 2.14. The Morgan fingerprint density at radius 2 is 1.87 bits per heavy atom. The van der Waals surface area contributed by atoms with Gasteiger partial charge in [-0.1, -0.05) is 19.1 Å². The summed E-state index contributed by atoms with van der Waals surface area (Å²) in [5, 5.41) is 7.10. The predicted octanol–water partition coefficient (Wildman–Crippen LogP) is 2.19. The standard InChI is InChI=1S/C16H21N3O3S/c1-4-19-15(10-12(3)18-19)17-16(20)11-13-6-8-14(9-7-13)23(21,22)5-2/h6-10H,4-5,11H2,1-3H3,(H,17,20). The SMILES string of the molecule is CCn1nc(C)cc1NC(=O)Cc1ccc(S(=O)(=O)CC)cc1. The molecule has 7 heteroatoms. The molecule has 0 aliphatic rings. The zero-order valence-electron chi connectivity index (χ0n) is 13.5. The molecule has 2 aromatic rings. The van der Waals surface area contributed by atoms with Gasteiger partial charge in [-0.15, -0.1) is 0 Å². The molecule has 2 rings (SSSR count). The molecule has 0 aliphatic carbocycles. The van der Waals surface area contributed by atoms with E-state index in [-0.39, 0.29) is 23.0 Å². The number of aromatic nitrogens is 2. The second kappa shape index (κ2) is 6.95. The third-order valence-corrected chi connectivity index (χ3v) is 5.25. The molecule has 124 valence electrons. The van der Waals surface area contributed by atoms with Crippen LogP contribution in [0.2, 0.25) is 0 Å². The first kappa shape index (κ1) is 17.2. The van der Waals surface area contributed by atoms with Gasteiger partial charge in [-0.2, -0.15) is 5.10 Å². The van der Waals surface area contributed by atoms with E-state index in [1.54, 1.807) is 35.9 Å². The van der Waals surface area contributed by atoms with E-state index in [2.05, 4.69) is 10.4 Å². The first-order valence-electron chi connectivity index (χ1n) is 7.51. The van der Waals surface area contributed by atoms with Crippen LogP contribution >= 0.6 is 0 Å². The molecule has 0 bridgehead atoms. The fourth-order valence-electron chi connectivity index (χ4n) is 2.24. The Hall–Kier alpha value is -2.15. The molecule has 6 nitrogen and oxygen atoms in total. The van der Waals surface area contributed by atoms with Crippen LogP contribution in [-0.4, -0.2) is 29.9 Å². The van der Waals surface area contributed by atoms with Crippen molar-refractivity contribution in [2.45, 2.75) is 38.6 Å². The van der Waals surface area contributed by atoms with Gasteiger partial charge in [0.25, 0.3) is 0 Å². The van der Waals surface area contributed by atoms with Crippen LogP contribution in [0.4, 0.5) is 5.82 Å². The number of hydrogen-bond acceptors (Lipinski definition) is 4. The van der Waals surface area contributed by atoms with Gasteiger partial charge in [-0.05, 0) is 31.5 Å². The predicted molar refractivity (Wildman–Crippen MR) is 89.1 cm³/mol. The molecule has 0 saturated heterocycles. The number of carbonyl (C=O) groups excluding carboxylic acids is 1. The van der Waals surface area contributed by atoms with Crippen molar-refractivity contribution in [3.63, 3.8) is 0 Å². The Balaban J connectivity index is 2.06. The molecule has 0 fully saturated rings. The Morgan fingerprint density at radius 3 is 2.43 bits per heavy atom. The van der Waals surface area contributed by atoms with Gasteiger partial charge in [0.05, 0.1) is 22.8 Å². The summed E-state index contributed by atoms with van der Waals surface area (Å²) in [6, 6.07) is 8.25. The fraction of sp³-hybridized carbons (Fsp3) is 0.375. The van der Waals surface area contributed by atoms with Crippen LogP contribution in [-0.2, 0) is 27.6 Å². The first-order valence-corrected chi connectivity index (χ1v) is 9.17. The van der Waals surface area contributed by atoms with Crippen molar-refractivity contribution < 1.29 is 13.2 Å². The van der Waals surface area contributed by atoms with Crippen molar-refractivity contribution in [1.29, 1.82) is 0 Å². The normalized spacial score (nSPS) is 11.4. The number of nitrogens with one attached hydrogen (secondary N) is 1. The summed E-state index contributed by atoms with van der Waals surface area (Å²) in [6.07, 6.45) is 0.181. The Kier molecular flexibility index (Phi) is 5.20. The Labute approximate surface area is 136 Å². The lowest BCUT2D eigenvalue weighted by atomic mass is 10.1. The zero-order valence-corrected chi connectivity index (χ0v) is 14.4. The summed E-state index contributed by atoms with van der Waals surface area (Å²) in [6.45, 7) is 6.10. The number of carbonyl (C=O) groups is 1. The lowest BCUT2D eigenvalue weighted by molar-refractivity contribution is -0.115. The Morgan fingerprint density at radius 1 is 1.22 bits per heavy atom. The smallest absolute Gasteiger partial charge is 0.229 e. The lowest BCUT2D eigenvalue weighted by Gasteiger charge is -2.07. The maximum Gasteiger partial charge on any atom is 0.229 e. The van der Waals surface area contributed by atoms with E-state index in [9.17, 15) is 13.2 Å². The molecule has 0 unspecified atom stereocenters. The number of sulfone groups is 1. The molecule has 0 saturated carbocycles. The van der Waals surface area contributed by atoms with E-state index < -0.39 is 9.84 Å². The third-order valence-electron chi connectivity index (χ3n) is 3.50. The largest absolute Gasteiger partial charge is 0.311 e. The van der Waals surface area contributed by atoms with Gasteiger partial charge >= 0.3 is 0 Å². The minimum absolute atomic E-state index is 0.0627. The molecule has 0 aliphatic heterocycles. The summed E-state index contributed by atoms with van der Waals surface area (Å²) in [7, 11) is -3.21. The van der Waals surface area contributed by atoms with Crippen molar-refractivity contribution >= 4 is 21.6 Å². The van der Waals surface area contributed by atoms with Crippen molar-refractivity contribution in [1.82, 2.24) is 9.78 Å². The second-order valence-corrected chi connectivity index (χ2v) is 7.54. The molecule has 0 atom stereocenters. The average molecular weight is 335 g/mol. The molecule has 0 radical (unpaired) electrons. The van der Waals surface area contributed by atoms with Crippen LogP contribution in [0, 0.1) is 6.92 Å². The van der Waals surface area contributed by atoms with Gasteiger partial charge < -0.3 is 5.32 Å². The van der Waals surface area contributed by atoms with E-state index in [1.165, 1.54) is 0 Å². The third kappa shape index (κ3) is 4.19. The number of nitrogens with zero attached hydrogens (tertiary/aromatic N) is 2. The van der Waals surface area contributed by atoms with Gasteiger partial charge in [0.1, 0.15) is 5.82 Å². The van der Waals surface area contributed by atoms with Crippen molar-refractivity contribution in [3.05, 3.63) is 41.6 Å². The van der Waals surface area contributed by atoms with E-state index in [4.69, 9.17) is 0 Å². The molecule has 1 amide bonds. The molecule has 0 spiro atoms. The van der Waals surface area contributed by atoms with Crippen LogP contribution in [0.1, 0.15) is 25.1 Å². The summed E-state index contributed by atoms with van der Waals surface area (Å²) in [5.41, 5.74) is 1.60. The minimum Gasteiger partial charge on any atom is -0.311 e. The number of benzene rings is 1. The van der Waals surface area contributed by atoms with E-state index in [1.807, 2.05) is 19.9 Å². The molecular weight excluding hydrogens is 314 g/mol.